The Morgan fingerprint density at radius 1 is 1.34 bits per heavy atom. The summed E-state index contributed by atoms with van der Waals surface area (Å²) in [5.74, 6) is 0.533. The number of carbonyl (C=O) groups excluding carboxylic acids is 1. The molecule has 29 heavy (non-hydrogen) atoms. The maximum absolute atomic E-state index is 13.0. The molecule has 8 heteroatoms. The van der Waals surface area contributed by atoms with E-state index in [1.165, 1.54) is 0 Å². The van der Waals surface area contributed by atoms with Crippen molar-refractivity contribution in [1.29, 1.82) is 0 Å². The van der Waals surface area contributed by atoms with Crippen molar-refractivity contribution >= 4 is 34.4 Å². The first kappa shape index (κ1) is 19.8. The monoisotopic (exact) mass is 413 g/mol. The third-order valence-corrected chi connectivity index (χ3v) is 5.21. The molecule has 0 saturated heterocycles. The molecule has 3 aromatic rings. The molecule has 1 aliphatic carbocycles. The van der Waals surface area contributed by atoms with Gasteiger partial charge < -0.3 is 10.1 Å². The third kappa shape index (κ3) is 3.97. The lowest BCUT2D eigenvalue weighted by Crippen LogP contribution is -2.15. The Morgan fingerprint density at radius 3 is 2.93 bits per heavy atom. The molecule has 1 aromatic carbocycles. The minimum absolute atomic E-state index is 0.113. The van der Waals surface area contributed by atoms with E-state index in [-0.39, 0.29) is 5.78 Å². The molecule has 0 bridgehead atoms. The molecule has 2 heterocycles. The molecule has 1 unspecified atom stereocenters. The van der Waals surface area contributed by atoms with E-state index < -0.39 is 5.92 Å². The molecule has 0 saturated carbocycles. The zero-order valence-corrected chi connectivity index (χ0v) is 17.5. The summed E-state index contributed by atoms with van der Waals surface area (Å²) in [6.07, 6.45) is 2.33. The number of anilines is 1. The second-order valence-corrected chi connectivity index (χ2v) is 8.19. The number of hydrogen-bond donors (Lipinski definition) is 1. The summed E-state index contributed by atoms with van der Waals surface area (Å²) in [5, 5.41) is 9.21. The molecule has 7 nitrogen and oxygen atoms in total. The number of hydrogen-bond acceptors (Lipinski definition) is 6. The van der Waals surface area contributed by atoms with Gasteiger partial charge in [-0.1, -0.05) is 31.5 Å². The zero-order valence-electron chi connectivity index (χ0n) is 16.8. The molecule has 0 amide bonds. The number of fused-ring (bicyclic) bond motifs is 2. The lowest BCUT2D eigenvalue weighted by molar-refractivity contribution is -0.118. The number of ether oxygens (including phenoxy) is 1. The molecule has 0 spiro atoms. The minimum Gasteiger partial charge on any atom is -0.383 e. The van der Waals surface area contributed by atoms with E-state index in [1.54, 1.807) is 7.11 Å². The van der Waals surface area contributed by atoms with Crippen molar-refractivity contribution in [3.63, 3.8) is 0 Å². The smallest absolute Gasteiger partial charge is 0.225 e. The number of nitrogens with one attached hydrogen (secondary N) is 1. The normalized spacial score (nSPS) is 16.0. The van der Waals surface area contributed by atoms with Gasteiger partial charge in [0.15, 0.2) is 11.4 Å². The van der Waals surface area contributed by atoms with Gasteiger partial charge in [0.2, 0.25) is 5.95 Å². The summed E-state index contributed by atoms with van der Waals surface area (Å²) < 4.78 is 6.98. The Balaban J connectivity index is 1.84. The first-order chi connectivity index (χ1) is 14.0. The Hall–Kier alpha value is -2.51. The van der Waals surface area contributed by atoms with Crippen LogP contribution >= 0.6 is 11.6 Å². The number of halogens is 1. The topological polar surface area (TPSA) is 81.9 Å². The Bertz CT molecular complexity index is 1060. The fourth-order valence-corrected chi connectivity index (χ4v) is 3.94. The van der Waals surface area contributed by atoms with Gasteiger partial charge in [-0.25, -0.2) is 4.98 Å². The van der Waals surface area contributed by atoms with Crippen molar-refractivity contribution in [3.05, 3.63) is 46.2 Å². The third-order valence-electron chi connectivity index (χ3n) is 4.98. The lowest BCUT2D eigenvalue weighted by atomic mass is 9.95. The van der Waals surface area contributed by atoms with E-state index in [9.17, 15) is 4.79 Å². The van der Waals surface area contributed by atoms with Gasteiger partial charge >= 0.3 is 0 Å². The van der Waals surface area contributed by atoms with Gasteiger partial charge in [0, 0.05) is 37.8 Å². The fraction of sp³-hybridized carbons (Fsp3) is 0.429. The van der Waals surface area contributed by atoms with Crippen LogP contribution in [-0.2, 0) is 22.5 Å². The summed E-state index contributed by atoms with van der Waals surface area (Å²) in [4.78, 5) is 22.3. The molecular weight excluding hydrogens is 390 g/mol. The first-order valence-corrected chi connectivity index (χ1v) is 10.1. The summed E-state index contributed by atoms with van der Waals surface area (Å²) in [5.41, 5.74) is 3.18. The number of carbonyl (C=O) groups is 1. The van der Waals surface area contributed by atoms with Crippen LogP contribution < -0.4 is 5.32 Å². The lowest BCUT2D eigenvalue weighted by Gasteiger charge is -2.13. The van der Waals surface area contributed by atoms with E-state index in [4.69, 9.17) is 21.3 Å². The van der Waals surface area contributed by atoms with Crippen molar-refractivity contribution in [1.82, 2.24) is 19.7 Å². The van der Waals surface area contributed by atoms with Gasteiger partial charge in [-0.3, -0.25) is 9.48 Å². The van der Waals surface area contributed by atoms with E-state index in [0.717, 1.165) is 23.1 Å². The highest BCUT2D eigenvalue weighted by molar-refractivity contribution is 6.30. The molecule has 2 aromatic heterocycles. The summed E-state index contributed by atoms with van der Waals surface area (Å²) in [6.45, 7) is 6.13. The largest absolute Gasteiger partial charge is 0.383 e. The highest BCUT2D eigenvalue weighted by Crippen LogP contribution is 2.39. The maximum Gasteiger partial charge on any atom is 0.225 e. The summed E-state index contributed by atoms with van der Waals surface area (Å²) >= 11 is 6.23. The van der Waals surface area contributed by atoms with Crippen LogP contribution in [0.25, 0.3) is 11.0 Å². The van der Waals surface area contributed by atoms with Crippen LogP contribution in [0.2, 0.25) is 5.02 Å². The number of aromatic nitrogens is 4. The highest BCUT2D eigenvalue weighted by Gasteiger charge is 2.35. The quantitative estimate of drug-likeness (QED) is 0.597. The number of rotatable bonds is 7. The average Bonchev–Trinajstić information content (AvgIpc) is 3.20. The number of benzene rings is 1. The second-order valence-electron chi connectivity index (χ2n) is 7.75. The molecule has 0 radical (unpaired) electrons. The SMILES string of the molecule is COCCNc1nc(C2C(=O)Cc3ccc(Cl)cc32)c2cn(CC(C)C)nc2n1. The van der Waals surface area contributed by atoms with Gasteiger partial charge in [-0.05, 0) is 29.2 Å². The van der Waals surface area contributed by atoms with Gasteiger partial charge in [-0.2, -0.15) is 10.1 Å². The minimum atomic E-state index is -0.464. The van der Waals surface area contributed by atoms with Crippen molar-refractivity contribution < 1.29 is 9.53 Å². The Kier molecular flexibility index (Phi) is 5.52. The Labute approximate surface area is 174 Å². The van der Waals surface area contributed by atoms with Crippen LogP contribution in [0.15, 0.2) is 24.4 Å². The van der Waals surface area contributed by atoms with E-state index in [2.05, 4.69) is 29.2 Å². The van der Waals surface area contributed by atoms with Crippen LogP contribution in [0.5, 0.6) is 0 Å². The van der Waals surface area contributed by atoms with E-state index >= 15 is 0 Å². The fourth-order valence-electron chi connectivity index (χ4n) is 3.76. The van der Waals surface area contributed by atoms with Crippen LogP contribution in [-0.4, -0.2) is 45.8 Å². The van der Waals surface area contributed by atoms with Crippen molar-refractivity contribution in [3.8, 4) is 0 Å². The van der Waals surface area contributed by atoms with Crippen LogP contribution in [0, 0.1) is 5.92 Å². The van der Waals surface area contributed by atoms with E-state index in [1.807, 2.05) is 29.1 Å². The Morgan fingerprint density at radius 2 is 2.17 bits per heavy atom. The van der Waals surface area contributed by atoms with Gasteiger partial charge in [0.25, 0.3) is 0 Å². The molecule has 1 atom stereocenters. The van der Waals surface area contributed by atoms with Crippen LogP contribution in [0.3, 0.4) is 0 Å². The van der Waals surface area contributed by atoms with Crippen molar-refractivity contribution in [2.75, 3.05) is 25.6 Å². The number of Topliss-reactive ketones (excluding diaryl/α,β-unsaturated/α-hetero) is 1. The number of methoxy groups -OCH3 is 1. The van der Waals surface area contributed by atoms with Gasteiger partial charge in [0.05, 0.1) is 23.6 Å². The highest BCUT2D eigenvalue weighted by atomic mass is 35.5. The van der Waals surface area contributed by atoms with Gasteiger partial charge in [-0.15, -0.1) is 0 Å². The predicted molar refractivity (Wildman–Crippen MR) is 113 cm³/mol. The molecule has 4 rings (SSSR count). The molecule has 1 N–H and O–H groups in total. The average molecular weight is 414 g/mol. The molecule has 1 aliphatic rings. The standard InChI is InChI=1S/C21H24ClN5O2/c1-12(2)10-27-11-16-19(24-21(23-6-7-29-3)25-20(16)26-27)18-15-9-14(22)5-4-13(15)8-17(18)28/h4-5,9,11-12,18H,6-8,10H2,1-3H3,(H,23,25,26). The first-order valence-electron chi connectivity index (χ1n) is 9.75. The van der Waals surface area contributed by atoms with Crippen molar-refractivity contribution in [2.24, 2.45) is 5.92 Å². The van der Waals surface area contributed by atoms with Crippen LogP contribution in [0.1, 0.15) is 36.6 Å². The molecule has 0 aliphatic heterocycles. The van der Waals surface area contributed by atoms with Crippen LogP contribution in [0.4, 0.5) is 5.95 Å². The maximum atomic E-state index is 13.0. The van der Waals surface area contributed by atoms with Gasteiger partial charge in [0.1, 0.15) is 0 Å². The van der Waals surface area contributed by atoms with E-state index in [0.29, 0.717) is 47.8 Å². The number of nitrogens with zero attached hydrogens (tertiary/aromatic N) is 4. The second kappa shape index (κ2) is 8.08. The number of ketones is 1. The molecule has 152 valence electrons. The molecular formula is C21H24ClN5O2. The molecule has 0 fully saturated rings. The summed E-state index contributed by atoms with van der Waals surface area (Å²) in [6, 6.07) is 5.62. The predicted octanol–water partition coefficient (Wildman–Crippen LogP) is 3.45. The zero-order chi connectivity index (χ0) is 20.5. The summed E-state index contributed by atoms with van der Waals surface area (Å²) in [7, 11) is 1.64. The van der Waals surface area contributed by atoms with Crippen molar-refractivity contribution in [2.45, 2.75) is 32.7 Å².